The fourth-order valence-corrected chi connectivity index (χ4v) is 5.96. The average Bonchev–Trinajstić information content (AvgIpc) is 2.80. The number of hydrogen-bond donors (Lipinski definition) is 0. The number of carbonyl (C=O) groups is 1. The zero-order valence-corrected chi connectivity index (χ0v) is 20.4. The van der Waals surface area contributed by atoms with E-state index >= 15 is 0 Å². The molecule has 2 saturated carbocycles. The van der Waals surface area contributed by atoms with E-state index in [4.69, 9.17) is 9.16 Å². The minimum Gasteiger partial charge on any atom is -0.417 e. The van der Waals surface area contributed by atoms with Crippen molar-refractivity contribution in [2.24, 2.45) is 17.3 Å². The van der Waals surface area contributed by atoms with E-state index in [-0.39, 0.29) is 22.0 Å². The van der Waals surface area contributed by atoms with Crippen molar-refractivity contribution in [2.75, 3.05) is 6.61 Å². The van der Waals surface area contributed by atoms with Gasteiger partial charge in [0.25, 0.3) is 0 Å². The van der Waals surface area contributed by atoms with Gasteiger partial charge in [0.1, 0.15) is 5.78 Å². The van der Waals surface area contributed by atoms with Gasteiger partial charge in [-0.2, -0.15) is 0 Å². The van der Waals surface area contributed by atoms with E-state index < -0.39 is 8.32 Å². The van der Waals surface area contributed by atoms with Crippen molar-refractivity contribution in [3.8, 4) is 0 Å². The van der Waals surface area contributed by atoms with E-state index in [2.05, 4.69) is 61.6 Å². The van der Waals surface area contributed by atoms with Crippen LogP contribution in [0.25, 0.3) is 0 Å². The Hall–Kier alpha value is -0.193. The lowest BCUT2D eigenvalue weighted by Crippen LogP contribution is -2.46. The van der Waals surface area contributed by atoms with Crippen molar-refractivity contribution in [1.29, 1.82) is 0 Å². The normalized spacial score (nSPS) is 32.6. The number of ether oxygens (including phenoxy) is 1. The van der Waals surface area contributed by atoms with Gasteiger partial charge in [-0.25, -0.2) is 0 Å². The fourth-order valence-electron chi connectivity index (χ4n) is 4.87. The summed E-state index contributed by atoms with van der Waals surface area (Å²) >= 11 is 0. The summed E-state index contributed by atoms with van der Waals surface area (Å²) in [6.45, 7) is 21.1. The smallest absolute Gasteiger partial charge is 0.191 e. The summed E-state index contributed by atoms with van der Waals surface area (Å²) in [4.78, 5) is 12.7. The molecule has 0 aromatic rings. The third-order valence-corrected chi connectivity index (χ3v) is 12.1. The highest BCUT2D eigenvalue weighted by Crippen LogP contribution is 2.56. The van der Waals surface area contributed by atoms with Crippen LogP contribution in [0, 0.1) is 17.3 Å². The lowest BCUT2D eigenvalue weighted by molar-refractivity contribution is -0.144. The molecular formula is C23H44O3Si. The van der Waals surface area contributed by atoms with E-state index in [0.29, 0.717) is 17.8 Å². The van der Waals surface area contributed by atoms with Crippen LogP contribution in [0.1, 0.15) is 87.0 Å². The van der Waals surface area contributed by atoms with Gasteiger partial charge in [0.15, 0.2) is 8.32 Å². The predicted molar refractivity (Wildman–Crippen MR) is 116 cm³/mol. The molecule has 0 radical (unpaired) electrons. The number of Topliss-reactive ketones (excluding diaryl/α,β-unsaturated/α-hetero) is 1. The van der Waals surface area contributed by atoms with Gasteiger partial charge in [-0.15, -0.1) is 0 Å². The summed E-state index contributed by atoms with van der Waals surface area (Å²) in [6.07, 6.45) is 6.23. The van der Waals surface area contributed by atoms with Gasteiger partial charge in [0.2, 0.25) is 0 Å². The molecule has 0 spiro atoms. The van der Waals surface area contributed by atoms with Gasteiger partial charge in [0.05, 0.1) is 11.7 Å². The molecule has 2 fully saturated rings. The molecular weight excluding hydrogens is 352 g/mol. The number of rotatable bonds is 6. The molecule has 0 aromatic carbocycles. The van der Waals surface area contributed by atoms with Gasteiger partial charge >= 0.3 is 0 Å². The molecule has 4 heteroatoms. The molecule has 0 heterocycles. The van der Waals surface area contributed by atoms with Crippen LogP contribution in [0.4, 0.5) is 0 Å². The van der Waals surface area contributed by atoms with Gasteiger partial charge in [0, 0.05) is 18.9 Å². The van der Waals surface area contributed by atoms with E-state index in [0.717, 1.165) is 45.1 Å². The van der Waals surface area contributed by atoms with Crippen molar-refractivity contribution >= 4 is 14.1 Å². The maximum Gasteiger partial charge on any atom is 0.191 e. The molecule has 2 rings (SSSR count). The lowest BCUT2D eigenvalue weighted by Gasteiger charge is -2.45. The van der Waals surface area contributed by atoms with Gasteiger partial charge in [-0.3, -0.25) is 4.79 Å². The Morgan fingerprint density at radius 3 is 2.30 bits per heavy atom. The van der Waals surface area contributed by atoms with Crippen LogP contribution in [0.2, 0.25) is 18.1 Å². The first-order chi connectivity index (χ1) is 12.2. The topological polar surface area (TPSA) is 35.5 Å². The highest BCUT2D eigenvalue weighted by atomic mass is 28.4. The molecule has 158 valence electrons. The SMILES string of the molecule is CC(C)(C)O[C@H]1CC[C@H]2[C@H](CCCO[Si](C)(C)C(C)(C)C)C(=O)CC[C@]12C. The molecule has 0 amide bonds. The first-order valence-corrected chi connectivity index (χ1v) is 13.9. The number of carbonyl (C=O) groups excluding carboxylic acids is 1. The quantitative estimate of drug-likeness (QED) is 0.386. The Balaban J connectivity index is 1.96. The molecule has 0 unspecified atom stereocenters. The number of fused-ring (bicyclic) bond motifs is 1. The van der Waals surface area contributed by atoms with Crippen LogP contribution in [0.15, 0.2) is 0 Å². The standard InChI is InChI=1S/C23H44O3Si/c1-21(2,3)26-20-13-12-18-17(19(24)14-15-23(18,20)7)11-10-16-25-27(8,9)22(4,5)6/h17-18,20H,10-16H2,1-9H3/t17-,18-,20-,23-/m0/s1. The molecule has 4 atom stereocenters. The summed E-state index contributed by atoms with van der Waals surface area (Å²) in [5.74, 6) is 1.18. The largest absolute Gasteiger partial charge is 0.417 e. The number of hydrogen-bond acceptors (Lipinski definition) is 3. The molecule has 3 nitrogen and oxygen atoms in total. The van der Waals surface area contributed by atoms with E-state index in [1.165, 1.54) is 0 Å². The van der Waals surface area contributed by atoms with Crippen LogP contribution < -0.4 is 0 Å². The fraction of sp³-hybridized carbons (Fsp3) is 0.957. The Labute approximate surface area is 169 Å². The third kappa shape index (κ3) is 5.25. The van der Waals surface area contributed by atoms with Gasteiger partial charge < -0.3 is 9.16 Å². The lowest BCUT2D eigenvalue weighted by atomic mass is 9.62. The van der Waals surface area contributed by atoms with Crippen LogP contribution in [0.5, 0.6) is 0 Å². The molecule has 2 aliphatic carbocycles. The molecule has 0 saturated heterocycles. The van der Waals surface area contributed by atoms with Crippen molar-refractivity contribution in [3.05, 3.63) is 0 Å². The molecule has 0 aromatic heterocycles. The molecule has 0 aliphatic heterocycles. The Morgan fingerprint density at radius 1 is 1.11 bits per heavy atom. The van der Waals surface area contributed by atoms with E-state index in [1.807, 2.05) is 0 Å². The second-order valence-corrected chi connectivity index (χ2v) is 16.5. The summed E-state index contributed by atoms with van der Waals surface area (Å²) < 4.78 is 12.8. The maximum absolute atomic E-state index is 12.7. The predicted octanol–water partition coefficient (Wildman–Crippen LogP) is 6.37. The van der Waals surface area contributed by atoms with Gasteiger partial charge in [-0.1, -0.05) is 27.7 Å². The van der Waals surface area contributed by atoms with Crippen LogP contribution >= 0.6 is 0 Å². The molecule has 0 bridgehead atoms. The first-order valence-electron chi connectivity index (χ1n) is 11.0. The van der Waals surface area contributed by atoms with Crippen LogP contribution in [-0.2, 0) is 14.0 Å². The second kappa shape index (κ2) is 7.91. The summed E-state index contributed by atoms with van der Waals surface area (Å²) in [5.41, 5.74) is 0.0443. The summed E-state index contributed by atoms with van der Waals surface area (Å²) in [7, 11) is -1.69. The van der Waals surface area contributed by atoms with E-state index in [1.54, 1.807) is 0 Å². The minimum absolute atomic E-state index is 0.115. The van der Waals surface area contributed by atoms with Gasteiger partial charge in [-0.05, 0) is 82.3 Å². The highest BCUT2D eigenvalue weighted by molar-refractivity contribution is 6.74. The summed E-state index contributed by atoms with van der Waals surface area (Å²) in [6, 6.07) is 0. The molecule has 0 N–H and O–H groups in total. The zero-order chi connectivity index (χ0) is 20.7. The molecule has 27 heavy (non-hydrogen) atoms. The average molecular weight is 397 g/mol. The maximum atomic E-state index is 12.7. The monoisotopic (exact) mass is 396 g/mol. The Bertz CT molecular complexity index is 529. The first kappa shape index (κ1) is 23.1. The number of ketones is 1. The van der Waals surface area contributed by atoms with Crippen LogP contribution in [0.3, 0.4) is 0 Å². The second-order valence-electron chi connectivity index (χ2n) is 11.7. The third-order valence-electron chi connectivity index (χ3n) is 7.56. The minimum atomic E-state index is -1.69. The van der Waals surface area contributed by atoms with E-state index in [9.17, 15) is 4.79 Å². The van der Waals surface area contributed by atoms with Crippen molar-refractivity contribution < 1.29 is 14.0 Å². The van der Waals surface area contributed by atoms with Crippen LogP contribution in [-0.4, -0.2) is 32.4 Å². The van der Waals surface area contributed by atoms with Crippen molar-refractivity contribution in [2.45, 2.75) is 117 Å². The Morgan fingerprint density at radius 2 is 1.74 bits per heavy atom. The van der Waals surface area contributed by atoms with Crippen molar-refractivity contribution in [3.63, 3.8) is 0 Å². The Kier molecular flexibility index (Phi) is 6.76. The zero-order valence-electron chi connectivity index (χ0n) is 19.4. The highest BCUT2D eigenvalue weighted by Gasteiger charge is 2.54. The van der Waals surface area contributed by atoms with Crippen molar-refractivity contribution in [1.82, 2.24) is 0 Å². The summed E-state index contributed by atoms with van der Waals surface area (Å²) in [5, 5.41) is 0.245. The molecule has 2 aliphatic rings.